The van der Waals surface area contributed by atoms with Crippen LogP contribution < -0.4 is 9.47 Å². The Morgan fingerprint density at radius 3 is 2.17 bits per heavy atom. The van der Waals surface area contributed by atoms with Crippen molar-refractivity contribution in [3.63, 3.8) is 0 Å². The lowest BCUT2D eigenvalue weighted by Gasteiger charge is -2.08. The molecule has 3 nitrogen and oxygen atoms in total. The maximum Gasteiger partial charge on any atom is 0.349 e. The second-order valence-corrected chi connectivity index (χ2v) is 6.70. The normalized spacial score (nSPS) is 10.5. The molecule has 3 rings (SSSR count). The van der Waals surface area contributed by atoms with E-state index in [4.69, 9.17) is 9.47 Å². The molecule has 0 aliphatic carbocycles. The van der Waals surface area contributed by atoms with E-state index in [1.807, 2.05) is 42.5 Å². The molecule has 23 heavy (non-hydrogen) atoms. The van der Waals surface area contributed by atoms with Gasteiger partial charge in [0.2, 0.25) is 0 Å². The summed E-state index contributed by atoms with van der Waals surface area (Å²) < 4.78 is 12.7. The minimum atomic E-state index is -0.440. The minimum absolute atomic E-state index is 0.139. The van der Waals surface area contributed by atoms with E-state index in [-0.39, 0.29) is 6.61 Å². The Morgan fingerprint density at radius 2 is 1.39 bits per heavy atom. The van der Waals surface area contributed by atoms with Crippen molar-refractivity contribution < 1.29 is 14.3 Å². The average molecular weight is 436 g/mol. The van der Waals surface area contributed by atoms with Crippen LogP contribution in [0.15, 0.2) is 69.6 Å². The summed E-state index contributed by atoms with van der Waals surface area (Å²) in [6.45, 7) is -0.139. The van der Waals surface area contributed by atoms with Crippen LogP contribution in [0, 0.1) is 0 Å². The number of esters is 1. The number of carbonyl (C=O) groups is 1. The van der Waals surface area contributed by atoms with E-state index in [0.29, 0.717) is 11.5 Å². The van der Waals surface area contributed by atoms with Crippen molar-refractivity contribution in [2.75, 3.05) is 6.61 Å². The number of hydrogen-bond donors (Lipinski definition) is 0. The van der Waals surface area contributed by atoms with Crippen LogP contribution in [0.3, 0.4) is 0 Å². The summed E-state index contributed by atoms with van der Waals surface area (Å²) in [5, 5.41) is 2.08. The number of hydrogen-bond acceptors (Lipinski definition) is 3. The molecule has 0 aromatic heterocycles. The van der Waals surface area contributed by atoms with Crippen molar-refractivity contribution >= 4 is 48.6 Å². The van der Waals surface area contributed by atoms with Gasteiger partial charge in [0.15, 0.2) is 6.61 Å². The van der Waals surface area contributed by atoms with Gasteiger partial charge in [-0.1, -0.05) is 44.0 Å². The second kappa shape index (κ2) is 7.15. The lowest BCUT2D eigenvalue weighted by molar-refractivity contribution is -0.136. The molecular weight excluding hydrogens is 424 g/mol. The molecule has 5 heteroatoms. The fraction of sp³-hybridized carbons (Fsp3) is 0.0556. The van der Waals surface area contributed by atoms with E-state index in [9.17, 15) is 4.79 Å². The first-order valence-corrected chi connectivity index (χ1v) is 8.47. The topological polar surface area (TPSA) is 35.5 Å². The third-order valence-corrected chi connectivity index (χ3v) is 4.20. The number of carbonyl (C=O) groups excluding carboxylic acids is 1. The molecule has 0 aliphatic rings. The Kier molecular flexibility index (Phi) is 4.98. The standard InChI is InChI=1S/C18H12Br2O3/c19-14-4-7-16(8-5-14)22-11-18(21)23-17-6-2-12-9-15(20)3-1-13(12)10-17/h1-10H,11H2. The lowest BCUT2D eigenvalue weighted by Crippen LogP contribution is -2.17. The van der Waals surface area contributed by atoms with Crippen molar-refractivity contribution in [1.82, 2.24) is 0 Å². The van der Waals surface area contributed by atoms with E-state index in [2.05, 4.69) is 31.9 Å². The van der Waals surface area contributed by atoms with Crippen LogP contribution in [0.1, 0.15) is 0 Å². The van der Waals surface area contributed by atoms with Gasteiger partial charge in [-0.15, -0.1) is 0 Å². The Morgan fingerprint density at radius 1 is 0.783 bits per heavy atom. The van der Waals surface area contributed by atoms with Crippen LogP contribution in [0.25, 0.3) is 10.8 Å². The summed E-state index contributed by atoms with van der Waals surface area (Å²) in [6, 6.07) is 18.7. The molecule has 0 unspecified atom stereocenters. The smallest absolute Gasteiger partial charge is 0.349 e. The van der Waals surface area contributed by atoms with Crippen LogP contribution >= 0.6 is 31.9 Å². The van der Waals surface area contributed by atoms with Gasteiger partial charge in [-0.05, 0) is 59.3 Å². The molecule has 3 aromatic carbocycles. The Labute approximate surface area is 150 Å². The second-order valence-electron chi connectivity index (χ2n) is 4.87. The number of benzene rings is 3. The largest absolute Gasteiger partial charge is 0.482 e. The third-order valence-electron chi connectivity index (χ3n) is 3.18. The fourth-order valence-corrected chi connectivity index (χ4v) is 2.74. The first kappa shape index (κ1) is 16.0. The number of rotatable bonds is 4. The molecule has 0 aliphatic heterocycles. The zero-order valence-electron chi connectivity index (χ0n) is 12.0. The van der Waals surface area contributed by atoms with Crippen molar-refractivity contribution in [3.05, 3.63) is 69.6 Å². The average Bonchev–Trinajstić information content (AvgIpc) is 2.54. The SMILES string of the molecule is O=C(COc1ccc(Br)cc1)Oc1ccc2cc(Br)ccc2c1. The van der Waals surface area contributed by atoms with E-state index in [1.165, 1.54) is 0 Å². The lowest BCUT2D eigenvalue weighted by atomic mass is 10.1. The van der Waals surface area contributed by atoms with Crippen LogP contribution in [-0.4, -0.2) is 12.6 Å². The highest BCUT2D eigenvalue weighted by Gasteiger charge is 2.07. The maximum absolute atomic E-state index is 11.9. The maximum atomic E-state index is 11.9. The van der Waals surface area contributed by atoms with Gasteiger partial charge < -0.3 is 9.47 Å². The van der Waals surface area contributed by atoms with Gasteiger partial charge in [-0.2, -0.15) is 0 Å². The van der Waals surface area contributed by atoms with Gasteiger partial charge >= 0.3 is 5.97 Å². The molecule has 0 saturated heterocycles. The highest BCUT2D eigenvalue weighted by molar-refractivity contribution is 9.10. The summed E-state index contributed by atoms with van der Waals surface area (Å²) in [5.74, 6) is 0.683. The third kappa shape index (κ3) is 4.33. The van der Waals surface area contributed by atoms with E-state index >= 15 is 0 Å². The van der Waals surface area contributed by atoms with Gasteiger partial charge in [0.25, 0.3) is 0 Å². The molecule has 0 bridgehead atoms. The molecule has 0 amide bonds. The van der Waals surface area contributed by atoms with Gasteiger partial charge in [-0.25, -0.2) is 4.79 Å². The number of fused-ring (bicyclic) bond motifs is 1. The summed E-state index contributed by atoms with van der Waals surface area (Å²) in [5.41, 5.74) is 0. The van der Waals surface area contributed by atoms with E-state index in [1.54, 1.807) is 18.2 Å². The molecule has 0 N–H and O–H groups in total. The fourth-order valence-electron chi connectivity index (χ4n) is 2.09. The summed E-state index contributed by atoms with van der Waals surface area (Å²) in [7, 11) is 0. The summed E-state index contributed by atoms with van der Waals surface area (Å²) in [6.07, 6.45) is 0. The number of halogens is 2. The zero-order valence-corrected chi connectivity index (χ0v) is 15.1. The Balaban J connectivity index is 1.63. The van der Waals surface area contributed by atoms with Crippen LogP contribution in [0.4, 0.5) is 0 Å². The zero-order chi connectivity index (χ0) is 16.2. The first-order valence-electron chi connectivity index (χ1n) is 6.88. The molecule has 0 spiro atoms. The van der Waals surface area contributed by atoms with Crippen molar-refractivity contribution in [1.29, 1.82) is 0 Å². The molecule has 3 aromatic rings. The van der Waals surface area contributed by atoms with Gasteiger partial charge in [0, 0.05) is 8.95 Å². The Hall–Kier alpha value is -1.85. The van der Waals surface area contributed by atoms with E-state index < -0.39 is 5.97 Å². The van der Waals surface area contributed by atoms with E-state index in [0.717, 1.165) is 19.7 Å². The quantitative estimate of drug-likeness (QED) is 0.409. The molecule has 0 saturated carbocycles. The predicted molar refractivity (Wildman–Crippen MR) is 96.9 cm³/mol. The van der Waals surface area contributed by atoms with Crippen LogP contribution in [-0.2, 0) is 4.79 Å². The van der Waals surface area contributed by atoms with Gasteiger partial charge in [-0.3, -0.25) is 0 Å². The van der Waals surface area contributed by atoms with Crippen molar-refractivity contribution in [3.8, 4) is 11.5 Å². The molecule has 0 fully saturated rings. The van der Waals surface area contributed by atoms with Gasteiger partial charge in [0.1, 0.15) is 11.5 Å². The Bertz CT molecular complexity index is 845. The molecular formula is C18H12Br2O3. The first-order chi connectivity index (χ1) is 11.1. The minimum Gasteiger partial charge on any atom is -0.482 e. The predicted octanol–water partition coefficient (Wildman–Crippen LogP) is 5.35. The van der Waals surface area contributed by atoms with Crippen LogP contribution in [0.5, 0.6) is 11.5 Å². The summed E-state index contributed by atoms with van der Waals surface area (Å²) in [4.78, 5) is 11.9. The molecule has 0 atom stereocenters. The number of ether oxygens (including phenoxy) is 2. The molecule has 116 valence electrons. The molecule has 0 heterocycles. The monoisotopic (exact) mass is 434 g/mol. The van der Waals surface area contributed by atoms with Crippen LogP contribution in [0.2, 0.25) is 0 Å². The molecule has 0 radical (unpaired) electrons. The van der Waals surface area contributed by atoms with Gasteiger partial charge in [0.05, 0.1) is 0 Å². The summed E-state index contributed by atoms with van der Waals surface area (Å²) >= 11 is 6.78. The highest BCUT2D eigenvalue weighted by atomic mass is 79.9. The van der Waals surface area contributed by atoms with Crippen molar-refractivity contribution in [2.24, 2.45) is 0 Å². The highest BCUT2D eigenvalue weighted by Crippen LogP contribution is 2.24. The van der Waals surface area contributed by atoms with Crippen molar-refractivity contribution in [2.45, 2.75) is 0 Å².